The van der Waals surface area contributed by atoms with Crippen LogP contribution >= 0.6 is 0 Å². The van der Waals surface area contributed by atoms with Crippen LogP contribution in [0.3, 0.4) is 0 Å². The molecule has 1 fully saturated rings. The highest BCUT2D eigenvalue weighted by Gasteiger charge is 2.39. The number of piperidine rings is 1. The van der Waals surface area contributed by atoms with Crippen molar-refractivity contribution in [3.8, 4) is 0 Å². The van der Waals surface area contributed by atoms with Crippen molar-refractivity contribution < 1.29 is 18.3 Å². The predicted octanol–water partition coefficient (Wildman–Crippen LogP) is 1.97. The van der Waals surface area contributed by atoms with Crippen LogP contribution in [-0.4, -0.2) is 41.9 Å². The zero-order valence-corrected chi connectivity index (χ0v) is 14.5. The van der Waals surface area contributed by atoms with Crippen molar-refractivity contribution in [2.24, 2.45) is 5.41 Å². The lowest BCUT2D eigenvalue weighted by molar-refractivity contribution is -0.142. The summed E-state index contributed by atoms with van der Waals surface area (Å²) in [5, 5.41) is 9.22. The highest BCUT2D eigenvalue weighted by molar-refractivity contribution is 7.87. The summed E-state index contributed by atoms with van der Waals surface area (Å²) in [6, 6.07) is -0.957. The zero-order chi connectivity index (χ0) is 16.5. The molecule has 1 saturated heterocycles. The van der Waals surface area contributed by atoms with Gasteiger partial charge in [-0.15, -0.1) is 0 Å². The molecule has 1 rings (SSSR count). The van der Waals surface area contributed by atoms with Gasteiger partial charge in [0.1, 0.15) is 6.04 Å². The first kappa shape index (κ1) is 18.4. The van der Waals surface area contributed by atoms with E-state index in [1.807, 2.05) is 34.6 Å². The molecule has 7 heteroatoms. The molecule has 1 aliphatic rings. The topological polar surface area (TPSA) is 86.7 Å². The Morgan fingerprint density at radius 2 is 1.81 bits per heavy atom. The Kier molecular flexibility index (Phi) is 5.45. The number of rotatable bonds is 5. The maximum absolute atomic E-state index is 12.6. The van der Waals surface area contributed by atoms with Gasteiger partial charge in [-0.25, -0.2) is 0 Å². The zero-order valence-electron chi connectivity index (χ0n) is 13.6. The van der Waals surface area contributed by atoms with E-state index in [0.717, 1.165) is 10.7 Å². The third-order valence-corrected chi connectivity index (χ3v) is 5.29. The Morgan fingerprint density at radius 3 is 2.29 bits per heavy atom. The summed E-state index contributed by atoms with van der Waals surface area (Å²) in [5.41, 5.74) is -0.655. The number of nitrogens with zero attached hydrogens (tertiary/aromatic N) is 1. The molecule has 0 aliphatic carbocycles. The number of carbonyl (C=O) groups is 1. The van der Waals surface area contributed by atoms with E-state index in [-0.39, 0.29) is 12.0 Å². The molecule has 0 saturated carbocycles. The summed E-state index contributed by atoms with van der Waals surface area (Å²) >= 11 is 0. The van der Waals surface area contributed by atoms with E-state index in [9.17, 15) is 18.3 Å². The van der Waals surface area contributed by atoms with Crippen molar-refractivity contribution in [1.29, 1.82) is 0 Å². The van der Waals surface area contributed by atoms with Crippen LogP contribution in [-0.2, 0) is 15.0 Å². The van der Waals surface area contributed by atoms with Crippen molar-refractivity contribution in [2.75, 3.05) is 6.54 Å². The Bertz CT molecular complexity index is 480. The van der Waals surface area contributed by atoms with E-state index in [0.29, 0.717) is 19.3 Å². The SMILES string of the molecule is CC(C)(C)CC(C)(C)NS(=O)(=O)N1CCCCC1C(=O)O. The van der Waals surface area contributed by atoms with E-state index in [4.69, 9.17) is 0 Å². The molecule has 1 atom stereocenters. The average molecular weight is 320 g/mol. The van der Waals surface area contributed by atoms with Gasteiger partial charge >= 0.3 is 5.97 Å². The van der Waals surface area contributed by atoms with Crippen molar-refractivity contribution in [3.05, 3.63) is 0 Å². The summed E-state index contributed by atoms with van der Waals surface area (Å²) in [6.07, 6.45) is 2.47. The van der Waals surface area contributed by atoms with Gasteiger partial charge in [-0.3, -0.25) is 4.79 Å². The summed E-state index contributed by atoms with van der Waals surface area (Å²) in [7, 11) is -3.81. The molecular weight excluding hydrogens is 292 g/mol. The van der Waals surface area contributed by atoms with Gasteiger partial charge in [-0.05, 0) is 44.9 Å². The molecule has 2 N–H and O–H groups in total. The van der Waals surface area contributed by atoms with Gasteiger partial charge in [-0.2, -0.15) is 17.4 Å². The van der Waals surface area contributed by atoms with Crippen LogP contribution in [0.2, 0.25) is 0 Å². The van der Waals surface area contributed by atoms with E-state index < -0.39 is 27.8 Å². The molecule has 0 bridgehead atoms. The Balaban J connectivity index is 2.91. The molecule has 124 valence electrons. The Labute approximate surface area is 128 Å². The quantitative estimate of drug-likeness (QED) is 0.811. The smallest absolute Gasteiger partial charge is 0.322 e. The number of hydrogen-bond donors (Lipinski definition) is 2. The molecule has 1 aliphatic heterocycles. The van der Waals surface area contributed by atoms with Gasteiger partial charge in [0.05, 0.1) is 0 Å². The maximum Gasteiger partial charge on any atom is 0.322 e. The number of nitrogens with one attached hydrogen (secondary N) is 1. The first-order chi connectivity index (χ1) is 9.34. The third kappa shape index (κ3) is 5.56. The first-order valence-corrected chi connectivity index (χ1v) is 8.82. The summed E-state index contributed by atoms with van der Waals surface area (Å²) < 4.78 is 28.9. The molecule has 0 aromatic rings. The van der Waals surface area contributed by atoms with Crippen LogP contribution in [0.25, 0.3) is 0 Å². The van der Waals surface area contributed by atoms with Crippen LogP contribution in [0.5, 0.6) is 0 Å². The fourth-order valence-electron chi connectivity index (χ4n) is 3.21. The minimum atomic E-state index is -3.81. The largest absolute Gasteiger partial charge is 0.480 e. The maximum atomic E-state index is 12.6. The van der Waals surface area contributed by atoms with Gasteiger partial charge < -0.3 is 5.11 Å². The van der Waals surface area contributed by atoms with Crippen molar-refractivity contribution in [1.82, 2.24) is 9.03 Å². The molecular formula is C14H28N2O4S. The molecule has 21 heavy (non-hydrogen) atoms. The molecule has 0 aromatic heterocycles. The molecule has 1 heterocycles. The normalized spacial score (nSPS) is 22.2. The molecule has 0 radical (unpaired) electrons. The van der Waals surface area contributed by atoms with Crippen LogP contribution in [0.1, 0.15) is 60.3 Å². The Hall–Kier alpha value is -0.660. The van der Waals surface area contributed by atoms with E-state index >= 15 is 0 Å². The first-order valence-electron chi connectivity index (χ1n) is 7.38. The summed E-state index contributed by atoms with van der Waals surface area (Å²) in [4.78, 5) is 11.3. The number of carboxylic acids is 1. The van der Waals surface area contributed by atoms with Gasteiger partial charge in [0, 0.05) is 12.1 Å². The second-order valence-corrected chi connectivity index (χ2v) is 9.31. The fraction of sp³-hybridized carbons (Fsp3) is 0.929. The Morgan fingerprint density at radius 1 is 1.24 bits per heavy atom. The second kappa shape index (κ2) is 6.22. The number of hydrogen-bond acceptors (Lipinski definition) is 3. The molecule has 0 aromatic carbocycles. The number of carboxylic acid groups (broad SMARTS) is 1. The molecule has 6 nitrogen and oxygen atoms in total. The predicted molar refractivity (Wildman–Crippen MR) is 82.2 cm³/mol. The lowest BCUT2D eigenvalue weighted by atomic mass is 9.82. The lowest BCUT2D eigenvalue weighted by Gasteiger charge is -2.37. The monoisotopic (exact) mass is 320 g/mol. The van der Waals surface area contributed by atoms with E-state index in [1.54, 1.807) is 0 Å². The van der Waals surface area contributed by atoms with Crippen LogP contribution in [0.4, 0.5) is 0 Å². The average Bonchev–Trinajstić information content (AvgIpc) is 2.23. The highest BCUT2D eigenvalue weighted by Crippen LogP contribution is 2.28. The summed E-state index contributed by atoms with van der Waals surface area (Å²) in [6.45, 7) is 10.1. The lowest BCUT2D eigenvalue weighted by Crippen LogP contribution is -2.57. The fourth-order valence-corrected chi connectivity index (χ4v) is 5.00. The van der Waals surface area contributed by atoms with Gasteiger partial charge in [0.2, 0.25) is 0 Å². The number of aliphatic carboxylic acids is 1. The minimum absolute atomic E-state index is 0.0277. The molecule has 1 unspecified atom stereocenters. The van der Waals surface area contributed by atoms with Crippen molar-refractivity contribution in [3.63, 3.8) is 0 Å². The van der Waals surface area contributed by atoms with Crippen LogP contribution < -0.4 is 4.72 Å². The van der Waals surface area contributed by atoms with E-state index in [2.05, 4.69) is 4.72 Å². The molecule has 0 amide bonds. The highest BCUT2D eigenvalue weighted by atomic mass is 32.2. The van der Waals surface area contributed by atoms with E-state index in [1.165, 1.54) is 0 Å². The standard InChI is InChI=1S/C14H28N2O4S/c1-13(2,3)10-14(4,5)15-21(19,20)16-9-7-6-8-11(16)12(17)18/h11,15H,6-10H2,1-5H3,(H,17,18). The van der Waals surface area contributed by atoms with Crippen LogP contribution in [0, 0.1) is 5.41 Å². The van der Waals surface area contributed by atoms with Crippen molar-refractivity contribution in [2.45, 2.75) is 71.9 Å². The summed E-state index contributed by atoms with van der Waals surface area (Å²) in [5.74, 6) is -1.08. The van der Waals surface area contributed by atoms with Gasteiger partial charge in [-0.1, -0.05) is 20.8 Å². The molecule has 0 spiro atoms. The minimum Gasteiger partial charge on any atom is -0.480 e. The van der Waals surface area contributed by atoms with Gasteiger partial charge in [0.15, 0.2) is 0 Å². The third-order valence-electron chi connectivity index (χ3n) is 3.43. The van der Waals surface area contributed by atoms with Crippen LogP contribution in [0.15, 0.2) is 0 Å². The second-order valence-electron chi connectivity index (χ2n) is 7.69. The van der Waals surface area contributed by atoms with Gasteiger partial charge in [0.25, 0.3) is 10.2 Å². The van der Waals surface area contributed by atoms with Crippen molar-refractivity contribution >= 4 is 16.2 Å².